The van der Waals surface area contributed by atoms with E-state index in [-0.39, 0.29) is 11.4 Å². The maximum Gasteiger partial charge on any atom is 0.417 e. The van der Waals surface area contributed by atoms with Crippen molar-refractivity contribution in [1.82, 2.24) is 24.7 Å². The van der Waals surface area contributed by atoms with Crippen molar-refractivity contribution < 1.29 is 12.8 Å². The van der Waals surface area contributed by atoms with E-state index in [1.54, 1.807) is 19.2 Å². The Labute approximate surface area is 177 Å². The van der Waals surface area contributed by atoms with Gasteiger partial charge < -0.3 is 15.1 Å². The van der Waals surface area contributed by atoms with Gasteiger partial charge in [-0.3, -0.25) is 4.98 Å². The van der Waals surface area contributed by atoms with Crippen molar-refractivity contribution >= 4 is 38.6 Å². The molecule has 0 aliphatic rings. The molecule has 0 saturated carbocycles. The van der Waals surface area contributed by atoms with E-state index in [1.165, 1.54) is 18.2 Å². The van der Waals surface area contributed by atoms with E-state index in [4.69, 9.17) is 4.42 Å². The Balaban J connectivity index is 1.37. The Morgan fingerprint density at radius 2 is 1.87 bits per heavy atom. The molecule has 12 heteroatoms. The monoisotopic (exact) mass is 441 g/mol. The lowest BCUT2D eigenvalue weighted by atomic mass is 10.3. The Kier molecular flexibility index (Phi) is 5.64. The first-order valence-electron chi connectivity index (χ1n) is 9.29. The highest BCUT2D eigenvalue weighted by Gasteiger charge is 2.15. The zero-order valence-electron chi connectivity index (χ0n) is 16.4. The molecule has 0 radical (unpaired) electrons. The van der Waals surface area contributed by atoms with E-state index in [9.17, 15) is 13.2 Å². The Hall–Kier alpha value is -3.77. The van der Waals surface area contributed by atoms with Crippen molar-refractivity contribution in [2.75, 3.05) is 23.7 Å². The van der Waals surface area contributed by atoms with Crippen LogP contribution in [0.4, 0.5) is 17.5 Å². The van der Waals surface area contributed by atoms with E-state index < -0.39 is 15.8 Å². The van der Waals surface area contributed by atoms with Crippen LogP contribution in [-0.2, 0) is 10.0 Å². The number of rotatable bonds is 8. The number of fused-ring (bicyclic) bond motifs is 1. The van der Waals surface area contributed by atoms with Crippen LogP contribution in [0.25, 0.3) is 11.1 Å². The summed E-state index contributed by atoms with van der Waals surface area (Å²) in [4.78, 5) is 26.5. The minimum Gasteiger partial charge on any atom is -0.408 e. The molecule has 0 aliphatic heterocycles. The van der Waals surface area contributed by atoms with Gasteiger partial charge in [-0.15, -0.1) is 0 Å². The number of nitrogens with one attached hydrogen (secondary N) is 4. The number of anilines is 3. The van der Waals surface area contributed by atoms with E-state index in [0.29, 0.717) is 40.9 Å². The van der Waals surface area contributed by atoms with Crippen molar-refractivity contribution in [3.05, 3.63) is 65.0 Å². The Bertz CT molecular complexity index is 1370. The number of aromatic nitrogens is 4. The number of aryl methyl sites for hydroxylation is 1. The average Bonchev–Trinajstić information content (AvgIpc) is 3.11. The first-order chi connectivity index (χ1) is 14.9. The third kappa shape index (κ3) is 5.05. The van der Waals surface area contributed by atoms with Crippen molar-refractivity contribution in [1.29, 1.82) is 0 Å². The summed E-state index contributed by atoms with van der Waals surface area (Å²) < 4.78 is 32.4. The van der Waals surface area contributed by atoms with Gasteiger partial charge in [0.05, 0.1) is 10.4 Å². The lowest BCUT2D eigenvalue weighted by molar-refractivity contribution is 0.555. The Morgan fingerprint density at radius 1 is 1.03 bits per heavy atom. The number of nitrogens with zero attached hydrogens (tertiary/aromatic N) is 3. The predicted molar refractivity (Wildman–Crippen MR) is 115 cm³/mol. The second kappa shape index (κ2) is 8.53. The van der Waals surface area contributed by atoms with Gasteiger partial charge >= 0.3 is 5.76 Å². The number of hydrogen-bond acceptors (Lipinski definition) is 9. The fraction of sp³-hybridized carbons (Fsp3) is 0.158. The highest BCUT2D eigenvalue weighted by Crippen LogP contribution is 2.17. The van der Waals surface area contributed by atoms with Crippen LogP contribution in [0.2, 0.25) is 0 Å². The summed E-state index contributed by atoms with van der Waals surface area (Å²) in [5.41, 5.74) is 0.607. The van der Waals surface area contributed by atoms with Gasteiger partial charge in [-0.05, 0) is 37.3 Å². The van der Waals surface area contributed by atoms with Crippen molar-refractivity contribution in [2.45, 2.75) is 11.8 Å². The lowest BCUT2D eigenvalue weighted by Crippen LogP contribution is -2.29. The van der Waals surface area contributed by atoms with Crippen LogP contribution in [-0.4, -0.2) is 41.4 Å². The summed E-state index contributed by atoms with van der Waals surface area (Å²) in [7, 11) is -3.76. The summed E-state index contributed by atoms with van der Waals surface area (Å²) in [5.74, 6) is 1.67. The molecular formula is C19H19N7O4S. The second-order valence-corrected chi connectivity index (χ2v) is 8.29. The third-order valence-corrected chi connectivity index (χ3v) is 5.64. The van der Waals surface area contributed by atoms with Gasteiger partial charge in [0.1, 0.15) is 23.3 Å². The van der Waals surface area contributed by atoms with E-state index in [2.05, 4.69) is 35.3 Å². The largest absolute Gasteiger partial charge is 0.417 e. The number of sulfonamides is 1. The molecule has 4 N–H and O–H groups in total. The number of H-pyrrole nitrogens is 1. The minimum absolute atomic E-state index is 0.0248. The third-order valence-electron chi connectivity index (χ3n) is 4.18. The first-order valence-corrected chi connectivity index (χ1v) is 10.8. The fourth-order valence-electron chi connectivity index (χ4n) is 2.85. The lowest BCUT2D eigenvalue weighted by Gasteiger charge is -2.11. The predicted octanol–water partition coefficient (Wildman–Crippen LogP) is 1.75. The SMILES string of the molecule is Cc1nc(NCCNS(=O)(=O)c2ccc3oc(=O)[nH]c3c2)cc(Nc2ccccn2)n1. The molecule has 3 aromatic heterocycles. The number of hydrogen-bond donors (Lipinski definition) is 4. The molecule has 0 spiro atoms. The summed E-state index contributed by atoms with van der Waals surface area (Å²) >= 11 is 0. The van der Waals surface area contributed by atoms with Crippen LogP contribution in [0.1, 0.15) is 5.82 Å². The molecule has 31 heavy (non-hydrogen) atoms. The molecule has 0 atom stereocenters. The summed E-state index contributed by atoms with van der Waals surface area (Å²) in [6.07, 6.45) is 1.67. The van der Waals surface area contributed by atoms with E-state index >= 15 is 0 Å². The second-order valence-electron chi connectivity index (χ2n) is 6.52. The molecule has 4 aromatic rings. The molecule has 0 fully saturated rings. The highest BCUT2D eigenvalue weighted by atomic mass is 32.2. The van der Waals surface area contributed by atoms with Gasteiger partial charge in [-0.25, -0.2) is 32.9 Å². The van der Waals surface area contributed by atoms with Crippen LogP contribution in [0.5, 0.6) is 0 Å². The zero-order chi connectivity index (χ0) is 21.8. The summed E-state index contributed by atoms with van der Waals surface area (Å²) in [5, 5.41) is 6.16. The molecule has 0 unspecified atom stereocenters. The summed E-state index contributed by atoms with van der Waals surface area (Å²) in [6, 6.07) is 11.3. The average molecular weight is 441 g/mol. The van der Waals surface area contributed by atoms with Gasteiger partial charge in [-0.1, -0.05) is 6.07 Å². The van der Waals surface area contributed by atoms with Crippen LogP contribution in [0.3, 0.4) is 0 Å². The van der Waals surface area contributed by atoms with Crippen LogP contribution >= 0.6 is 0 Å². The number of oxazole rings is 1. The summed E-state index contributed by atoms with van der Waals surface area (Å²) in [6.45, 7) is 2.17. The van der Waals surface area contributed by atoms with Gasteiger partial charge in [0.2, 0.25) is 10.0 Å². The van der Waals surface area contributed by atoms with Gasteiger partial charge in [0.15, 0.2) is 5.58 Å². The van der Waals surface area contributed by atoms with Gasteiger partial charge in [0.25, 0.3) is 0 Å². The highest BCUT2D eigenvalue weighted by molar-refractivity contribution is 7.89. The van der Waals surface area contributed by atoms with E-state index in [1.807, 2.05) is 18.2 Å². The fourth-order valence-corrected chi connectivity index (χ4v) is 3.91. The molecule has 0 bridgehead atoms. The minimum atomic E-state index is -3.76. The molecule has 3 heterocycles. The van der Waals surface area contributed by atoms with Crippen molar-refractivity contribution in [3.8, 4) is 0 Å². The quantitative estimate of drug-likeness (QED) is 0.299. The molecule has 0 amide bonds. The topological polar surface area (TPSA) is 155 Å². The molecule has 4 rings (SSSR count). The van der Waals surface area contributed by atoms with Crippen LogP contribution in [0, 0.1) is 6.92 Å². The van der Waals surface area contributed by atoms with Gasteiger partial charge in [0, 0.05) is 25.4 Å². The van der Waals surface area contributed by atoms with Gasteiger partial charge in [-0.2, -0.15) is 0 Å². The number of aromatic amines is 1. The smallest absolute Gasteiger partial charge is 0.408 e. The Morgan fingerprint density at radius 3 is 2.68 bits per heavy atom. The number of benzene rings is 1. The van der Waals surface area contributed by atoms with Crippen LogP contribution in [0.15, 0.2) is 62.8 Å². The maximum absolute atomic E-state index is 12.5. The van der Waals surface area contributed by atoms with Crippen molar-refractivity contribution in [2.24, 2.45) is 0 Å². The zero-order valence-corrected chi connectivity index (χ0v) is 17.2. The molecule has 160 valence electrons. The molecule has 0 saturated heterocycles. The molecule has 11 nitrogen and oxygen atoms in total. The number of pyridine rings is 1. The first kappa shape index (κ1) is 20.5. The van der Waals surface area contributed by atoms with Crippen LogP contribution < -0.4 is 21.1 Å². The molecular weight excluding hydrogens is 422 g/mol. The standard InChI is InChI=1S/C19H19N7O4S/c1-12-23-17(11-18(24-12)26-16-4-2-3-7-20-16)21-8-9-22-31(28,29)13-5-6-15-14(10-13)25-19(27)30-15/h2-7,10-11,22H,8-9H2,1H3,(H,25,27)(H2,20,21,23,24,26). The maximum atomic E-state index is 12.5. The van der Waals surface area contributed by atoms with E-state index in [0.717, 1.165) is 0 Å². The normalized spacial score (nSPS) is 11.5. The molecule has 0 aliphatic carbocycles. The molecule has 1 aromatic carbocycles. The van der Waals surface area contributed by atoms with Crippen molar-refractivity contribution in [3.63, 3.8) is 0 Å².